The molecule has 28 heavy (non-hydrogen) atoms. The van der Waals surface area contributed by atoms with Crippen molar-refractivity contribution in [2.24, 2.45) is 0 Å². The number of aromatic nitrogens is 4. The van der Waals surface area contributed by atoms with E-state index >= 15 is 0 Å². The molecule has 0 aliphatic heterocycles. The number of amides is 1. The van der Waals surface area contributed by atoms with E-state index in [1.165, 1.54) is 22.1 Å². The Labute approximate surface area is 177 Å². The van der Waals surface area contributed by atoms with Gasteiger partial charge in [0.1, 0.15) is 11.5 Å². The summed E-state index contributed by atoms with van der Waals surface area (Å²) >= 11 is 3.65. The zero-order valence-corrected chi connectivity index (χ0v) is 17.6. The maximum absolute atomic E-state index is 12.8. The molecule has 0 atom stereocenters. The van der Waals surface area contributed by atoms with Crippen molar-refractivity contribution in [2.75, 3.05) is 5.32 Å². The molecule has 0 aliphatic rings. The highest BCUT2D eigenvalue weighted by Crippen LogP contribution is 2.27. The number of carbonyl (C=O) groups excluding carboxylic acids is 1. The van der Waals surface area contributed by atoms with Gasteiger partial charge >= 0.3 is 0 Å². The number of carbonyl (C=O) groups is 1. The van der Waals surface area contributed by atoms with E-state index in [9.17, 15) is 9.59 Å². The smallest absolute Gasteiger partial charge is 0.257 e. The molecule has 7 nitrogen and oxygen atoms in total. The lowest BCUT2D eigenvalue weighted by Crippen LogP contribution is -2.19. The van der Waals surface area contributed by atoms with E-state index in [2.05, 4.69) is 43.0 Å². The van der Waals surface area contributed by atoms with Gasteiger partial charge in [-0.15, -0.1) is 11.3 Å². The summed E-state index contributed by atoms with van der Waals surface area (Å²) in [7, 11) is 0. The second-order valence-electron chi connectivity index (χ2n) is 5.95. The number of halogens is 1. The Morgan fingerprint density at radius 3 is 2.75 bits per heavy atom. The van der Waals surface area contributed by atoms with Gasteiger partial charge in [-0.1, -0.05) is 18.2 Å². The van der Waals surface area contributed by atoms with E-state index in [1.807, 2.05) is 35.7 Å². The number of aromatic amines is 1. The van der Waals surface area contributed by atoms with Gasteiger partial charge in [-0.25, -0.2) is 4.98 Å². The van der Waals surface area contributed by atoms with Gasteiger partial charge in [0.15, 0.2) is 0 Å². The zero-order chi connectivity index (χ0) is 19.7. The van der Waals surface area contributed by atoms with Crippen LogP contribution < -0.4 is 10.9 Å². The Balaban J connectivity index is 1.80. The minimum absolute atomic E-state index is 0.242. The van der Waals surface area contributed by atoms with Crippen LogP contribution >= 0.6 is 33.9 Å². The molecule has 0 saturated heterocycles. The fraction of sp³-hybridized carbons (Fsp3) is 0.0526. The highest BCUT2D eigenvalue weighted by atomic mass is 127. The molecule has 3 heterocycles. The number of nitrogens with one attached hydrogen (secondary N) is 2. The molecular formula is C19H14IN5O2S. The molecule has 140 valence electrons. The number of aryl methyl sites for hydroxylation is 1. The van der Waals surface area contributed by atoms with Gasteiger partial charge in [-0.3, -0.25) is 14.6 Å². The predicted molar refractivity (Wildman–Crippen MR) is 117 cm³/mol. The number of H-pyrrole nitrogens is 1. The topological polar surface area (TPSA) is 92.7 Å². The van der Waals surface area contributed by atoms with E-state index in [1.54, 1.807) is 19.1 Å². The molecule has 4 rings (SSSR count). The van der Waals surface area contributed by atoms with E-state index in [0.717, 1.165) is 8.45 Å². The molecule has 2 N–H and O–H groups in total. The lowest BCUT2D eigenvalue weighted by Gasteiger charge is -2.09. The summed E-state index contributed by atoms with van der Waals surface area (Å²) in [5, 5.41) is 9.39. The minimum Gasteiger partial charge on any atom is -0.306 e. The minimum atomic E-state index is -0.287. The van der Waals surface area contributed by atoms with Gasteiger partial charge < -0.3 is 5.32 Å². The molecule has 9 heteroatoms. The van der Waals surface area contributed by atoms with Crippen LogP contribution in [0.3, 0.4) is 0 Å². The van der Waals surface area contributed by atoms with Crippen LogP contribution in [0.5, 0.6) is 0 Å². The van der Waals surface area contributed by atoms with Crippen LogP contribution in [0.2, 0.25) is 0 Å². The van der Waals surface area contributed by atoms with Gasteiger partial charge in [0.25, 0.3) is 11.5 Å². The SMILES string of the molecule is Cc1cc(=O)[nH]c(-n2nc(-c3cccs3)cc2NC(=O)c2ccccc2I)n1. The third kappa shape index (κ3) is 3.76. The number of anilines is 1. The van der Waals surface area contributed by atoms with Crippen LogP contribution in [0.15, 0.2) is 58.7 Å². The van der Waals surface area contributed by atoms with Crippen LogP contribution in [-0.4, -0.2) is 25.7 Å². The summed E-state index contributed by atoms with van der Waals surface area (Å²) < 4.78 is 2.28. The lowest BCUT2D eigenvalue weighted by atomic mass is 10.2. The fourth-order valence-electron chi connectivity index (χ4n) is 2.67. The average molecular weight is 503 g/mol. The second-order valence-corrected chi connectivity index (χ2v) is 8.06. The van der Waals surface area contributed by atoms with Crippen LogP contribution in [0.4, 0.5) is 5.82 Å². The molecule has 0 radical (unpaired) electrons. The molecule has 3 aromatic heterocycles. The Bertz CT molecular complexity index is 1210. The van der Waals surface area contributed by atoms with Gasteiger partial charge in [0.05, 0.1) is 10.4 Å². The molecule has 0 bridgehead atoms. The summed E-state index contributed by atoms with van der Waals surface area (Å²) in [5.74, 6) is 0.395. The third-order valence-electron chi connectivity index (χ3n) is 3.90. The lowest BCUT2D eigenvalue weighted by molar-refractivity contribution is 0.102. The largest absolute Gasteiger partial charge is 0.306 e. The van der Waals surface area contributed by atoms with Crippen molar-refractivity contribution in [3.8, 4) is 16.5 Å². The Morgan fingerprint density at radius 1 is 1.21 bits per heavy atom. The normalized spacial score (nSPS) is 10.8. The highest BCUT2D eigenvalue weighted by molar-refractivity contribution is 14.1. The fourth-order valence-corrected chi connectivity index (χ4v) is 3.98. The van der Waals surface area contributed by atoms with Gasteiger partial charge in [0.2, 0.25) is 5.95 Å². The number of thiophene rings is 1. The van der Waals surface area contributed by atoms with E-state index in [-0.39, 0.29) is 17.4 Å². The van der Waals surface area contributed by atoms with Crippen molar-refractivity contribution in [2.45, 2.75) is 6.92 Å². The molecule has 1 amide bonds. The molecule has 0 unspecified atom stereocenters. The summed E-state index contributed by atoms with van der Waals surface area (Å²) in [6.07, 6.45) is 0. The summed E-state index contributed by atoms with van der Waals surface area (Å²) in [4.78, 5) is 32.7. The number of nitrogens with zero attached hydrogens (tertiary/aromatic N) is 3. The van der Waals surface area contributed by atoms with Gasteiger partial charge in [0, 0.05) is 21.4 Å². The first-order valence-corrected chi connectivity index (χ1v) is 10.3. The predicted octanol–water partition coefficient (Wildman–Crippen LogP) is 3.85. The number of hydrogen-bond acceptors (Lipinski definition) is 5. The monoisotopic (exact) mass is 503 g/mol. The molecule has 4 aromatic rings. The van der Waals surface area contributed by atoms with Crippen LogP contribution in [0, 0.1) is 10.5 Å². The molecule has 0 fully saturated rings. The first-order valence-electron chi connectivity index (χ1n) is 8.29. The number of hydrogen-bond donors (Lipinski definition) is 2. The van der Waals surface area contributed by atoms with E-state index < -0.39 is 0 Å². The van der Waals surface area contributed by atoms with Crippen molar-refractivity contribution in [1.29, 1.82) is 0 Å². The van der Waals surface area contributed by atoms with Crippen molar-refractivity contribution in [3.63, 3.8) is 0 Å². The molecule has 0 spiro atoms. The van der Waals surface area contributed by atoms with Gasteiger partial charge in [-0.05, 0) is 53.1 Å². The molecule has 1 aromatic carbocycles. The molecule has 0 saturated carbocycles. The van der Waals surface area contributed by atoms with Crippen LogP contribution in [-0.2, 0) is 0 Å². The maximum Gasteiger partial charge on any atom is 0.257 e. The Morgan fingerprint density at radius 2 is 2.04 bits per heavy atom. The summed E-state index contributed by atoms with van der Waals surface area (Å²) in [5.41, 5.74) is 1.50. The quantitative estimate of drug-likeness (QED) is 0.414. The first-order chi connectivity index (χ1) is 13.5. The summed E-state index contributed by atoms with van der Waals surface area (Å²) in [6.45, 7) is 1.73. The molecule has 0 aliphatic carbocycles. The number of rotatable bonds is 4. The summed E-state index contributed by atoms with van der Waals surface area (Å²) in [6, 6.07) is 14.3. The van der Waals surface area contributed by atoms with Crippen LogP contribution in [0.1, 0.15) is 16.1 Å². The maximum atomic E-state index is 12.8. The van der Waals surface area contributed by atoms with Crippen molar-refractivity contribution in [1.82, 2.24) is 19.7 Å². The number of benzene rings is 1. The van der Waals surface area contributed by atoms with Crippen molar-refractivity contribution >= 4 is 45.7 Å². The Hall–Kier alpha value is -2.79. The molecular weight excluding hydrogens is 489 g/mol. The zero-order valence-electron chi connectivity index (χ0n) is 14.6. The van der Waals surface area contributed by atoms with E-state index in [4.69, 9.17) is 0 Å². The first kappa shape index (κ1) is 18.6. The highest BCUT2D eigenvalue weighted by Gasteiger charge is 2.18. The van der Waals surface area contributed by atoms with Crippen molar-refractivity contribution < 1.29 is 4.79 Å². The third-order valence-corrected chi connectivity index (χ3v) is 5.73. The van der Waals surface area contributed by atoms with Crippen molar-refractivity contribution in [3.05, 3.63) is 79.1 Å². The standard InChI is InChI=1S/C19H14IN5O2S/c1-11-9-17(26)23-19(21-11)25-16(10-14(24-25)15-7-4-8-28-15)22-18(27)12-5-2-3-6-13(12)20/h2-10H,1H3,(H,22,27)(H,21,23,26). The second kappa shape index (κ2) is 7.68. The van der Waals surface area contributed by atoms with Gasteiger partial charge in [-0.2, -0.15) is 9.78 Å². The van der Waals surface area contributed by atoms with Crippen LogP contribution in [0.25, 0.3) is 16.5 Å². The average Bonchev–Trinajstić information content (AvgIpc) is 3.30. The van der Waals surface area contributed by atoms with E-state index in [0.29, 0.717) is 22.8 Å². The Kier molecular flexibility index (Phi) is 5.09.